The second-order valence-corrected chi connectivity index (χ2v) is 4.93. The third-order valence-corrected chi connectivity index (χ3v) is 3.49. The lowest BCUT2D eigenvalue weighted by Gasteiger charge is -2.29. The van der Waals surface area contributed by atoms with Gasteiger partial charge in [-0.2, -0.15) is 0 Å². The van der Waals surface area contributed by atoms with E-state index in [1.807, 2.05) is 13.0 Å². The first-order chi connectivity index (χ1) is 10.1. The molecule has 0 bridgehead atoms. The van der Waals surface area contributed by atoms with Crippen LogP contribution in [0.2, 0.25) is 0 Å². The van der Waals surface area contributed by atoms with Crippen LogP contribution in [0.4, 0.5) is 15.8 Å². The van der Waals surface area contributed by atoms with Crippen LogP contribution in [0.1, 0.15) is 13.3 Å². The molecular weight excluding hydrogens is 275 g/mol. The third-order valence-electron chi connectivity index (χ3n) is 3.49. The number of halogens is 1. The molecule has 0 unspecified atom stereocenters. The smallest absolute Gasteiger partial charge is 0.328 e. The van der Waals surface area contributed by atoms with Crippen molar-refractivity contribution < 1.29 is 18.7 Å². The second kappa shape index (κ2) is 7.26. The highest BCUT2D eigenvalue weighted by molar-refractivity contribution is 5.79. The highest BCUT2D eigenvalue weighted by Crippen LogP contribution is 2.23. The summed E-state index contributed by atoms with van der Waals surface area (Å²) in [5, 5.41) is 3.03. The Labute approximate surface area is 124 Å². The van der Waals surface area contributed by atoms with E-state index in [1.54, 1.807) is 0 Å². The van der Waals surface area contributed by atoms with E-state index in [4.69, 9.17) is 9.47 Å². The zero-order chi connectivity index (χ0) is 15.2. The molecule has 1 aliphatic rings. The van der Waals surface area contributed by atoms with Gasteiger partial charge in [0.15, 0.2) is 0 Å². The van der Waals surface area contributed by atoms with Gasteiger partial charge >= 0.3 is 5.97 Å². The van der Waals surface area contributed by atoms with Gasteiger partial charge in [-0.05, 0) is 24.6 Å². The van der Waals surface area contributed by atoms with Gasteiger partial charge in [0.25, 0.3) is 0 Å². The van der Waals surface area contributed by atoms with E-state index < -0.39 is 6.04 Å². The standard InChI is InChI=1S/C15H21FN2O3/c1-3-14(15(19)20-2)17-12-8-11(16)9-13(10-12)18-4-6-21-7-5-18/h8-10,14,17H,3-7H2,1-2H3/t14-/m1/s1. The molecule has 0 radical (unpaired) electrons. The Kier molecular flexibility index (Phi) is 5.38. The van der Waals surface area contributed by atoms with Gasteiger partial charge in [-0.3, -0.25) is 0 Å². The number of carbonyl (C=O) groups excluding carboxylic acids is 1. The molecule has 1 aromatic rings. The minimum Gasteiger partial charge on any atom is -0.467 e. The Morgan fingerprint density at radius 1 is 1.43 bits per heavy atom. The van der Waals surface area contributed by atoms with Gasteiger partial charge in [-0.15, -0.1) is 0 Å². The molecule has 0 spiro atoms. The number of nitrogens with one attached hydrogen (secondary N) is 1. The fourth-order valence-electron chi connectivity index (χ4n) is 2.33. The molecule has 1 aliphatic heterocycles. The quantitative estimate of drug-likeness (QED) is 0.843. The number of ether oxygens (including phenoxy) is 2. The van der Waals surface area contributed by atoms with Crippen LogP contribution in [-0.2, 0) is 14.3 Å². The molecule has 2 rings (SSSR count). The molecule has 6 heteroatoms. The summed E-state index contributed by atoms with van der Waals surface area (Å²) in [5.74, 6) is -0.684. The first kappa shape index (κ1) is 15.6. The fraction of sp³-hybridized carbons (Fsp3) is 0.533. The Bertz CT molecular complexity index is 490. The summed E-state index contributed by atoms with van der Waals surface area (Å²) in [6.07, 6.45) is 0.566. The van der Waals surface area contributed by atoms with E-state index in [9.17, 15) is 9.18 Å². The topological polar surface area (TPSA) is 50.8 Å². The molecule has 1 aromatic carbocycles. The first-order valence-corrected chi connectivity index (χ1v) is 7.11. The molecule has 1 fully saturated rings. The van der Waals surface area contributed by atoms with E-state index in [2.05, 4.69) is 10.2 Å². The molecule has 1 saturated heterocycles. The monoisotopic (exact) mass is 296 g/mol. The van der Waals surface area contributed by atoms with Crippen LogP contribution in [0.5, 0.6) is 0 Å². The number of benzene rings is 1. The van der Waals surface area contributed by atoms with Gasteiger partial charge in [-0.1, -0.05) is 6.92 Å². The average molecular weight is 296 g/mol. The minimum atomic E-state index is -0.477. The highest BCUT2D eigenvalue weighted by Gasteiger charge is 2.18. The van der Waals surface area contributed by atoms with Gasteiger partial charge in [-0.25, -0.2) is 9.18 Å². The molecule has 0 aromatic heterocycles. The molecule has 0 aliphatic carbocycles. The van der Waals surface area contributed by atoms with Crippen molar-refractivity contribution in [1.29, 1.82) is 0 Å². The Morgan fingerprint density at radius 2 is 2.14 bits per heavy atom. The predicted octanol–water partition coefficient (Wildman–Crippen LogP) is 2.03. The summed E-state index contributed by atoms with van der Waals surface area (Å²) >= 11 is 0. The van der Waals surface area contributed by atoms with Crippen LogP contribution in [0.15, 0.2) is 18.2 Å². The number of carbonyl (C=O) groups is 1. The van der Waals surface area contributed by atoms with Crippen molar-refractivity contribution in [3.8, 4) is 0 Å². The summed E-state index contributed by atoms with van der Waals surface area (Å²) < 4.78 is 23.8. The number of esters is 1. The maximum Gasteiger partial charge on any atom is 0.328 e. The van der Waals surface area contributed by atoms with Crippen molar-refractivity contribution in [2.24, 2.45) is 0 Å². The number of methoxy groups -OCH3 is 1. The number of nitrogens with zero attached hydrogens (tertiary/aromatic N) is 1. The van der Waals surface area contributed by atoms with Gasteiger partial charge < -0.3 is 19.7 Å². The van der Waals surface area contributed by atoms with E-state index in [-0.39, 0.29) is 11.8 Å². The zero-order valence-corrected chi connectivity index (χ0v) is 12.4. The van der Waals surface area contributed by atoms with E-state index in [0.717, 1.165) is 18.8 Å². The maximum atomic E-state index is 13.8. The van der Waals surface area contributed by atoms with E-state index >= 15 is 0 Å². The minimum absolute atomic E-state index is 0.332. The molecule has 21 heavy (non-hydrogen) atoms. The van der Waals surface area contributed by atoms with Crippen LogP contribution in [0.3, 0.4) is 0 Å². The second-order valence-electron chi connectivity index (χ2n) is 4.93. The summed E-state index contributed by atoms with van der Waals surface area (Å²) in [5.41, 5.74) is 1.37. The number of morpholine rings is 1. The summed E-state index contributed by atoms with van der Waals surface area (Å²) in [4.78, 5) is 13.7. The number of anilines is 2. The van der Waals surface area contributed by atoms with Crippen molar-refractivity contribution in [3.63, 3.8) is 0 Å². The van der Waals surface area contributed by atoms with Crippen LogP contribution in [0.25, 0.3) is 0 Å². The van der Waals surface area contributed by atoms with Crippen LogP contribution in [0, 0.1) is 5.82 Å². The van der Waals surface area contributed by atoms with Crippen LogP contribution in [-0.4, -0.2) is 45.4 Å². The third kappa shape index (κ3) is 4.07. The van der Waals surface area contributed by atoms with Gasteiger partial charge in [0.1, 0.15) is 11.9 Å². The molecular formula is C15H21FN2O3. The molecule has 5 nitrogen and oxygen atoms in total. The Morgan fingerprint density at radius 3 is 2.76 bits per heavy atom. The number of hydrogen-bond acceptors (Lipinski definition) is 5. The lowest BCUT2D eigenvalue weighted by Crippen LogP contribution is -2.36. The molecule has 1 heterocycles. The Hall–Kier alpha value is -1.82. The predicted molar refractivity (Wildman–Crippen MR) is 79.1 cm³/mol. The number of rotatable bonds is 5. The Balaban J connectivity index is 2.15. The fourth-order valence-corrected chi connectivity index (χ4v) is 2.33. The first-order valence-electron chi connectivity index (χ1n) is 7.11. The van der Waals surface area contributed by atoms with Crippen molar-refractivity contribution in [2.45, 2.75) is 19.4 Å². The summed E-state index contributed by atoms with van der Waals surface area (Å²) in [6.45, 7) is 4.61. The molecule has 116 valence electrons. The van der Waals surface area contributed by atoms with E-state index in [0.29, 0.717) is 25.3 Å². The highest BCUT2D eigenvalue weighted by atomic mass is 19.1. The van der Waals surface area contributed by atoms with Crippen molar-refractivity contribution in [3.05, 3.63) is 24.0 Å². The molecule has 1 N–H and O–H groups in total. The summed E-state index contributed by atoms with van der Waals surface area (Å²) in [7, 11) is 1.34. The zero-order valence-electron chi connectivity index (χ0n) is 12.4. The average Bonchev–Trinajstić information content (AvgIpc) is 2.52. The van der Waals surface area contributed by atoms with Crippen molar-refractivity contribution >= 4 is 17.3 Å². The maximum absolute atomic E-state index is 13.8. The lowest BCUT2D eigenvalue weighted by atomic mass is 10.2. The lowest BCUT2D eigenvalue weighted by molar-refractivity contribution is -0.141. The molecule has 0 saturated carbocycles. The van der Waals surface area contributed by atoms with Crippen molar-refractivity contribution in [2.75, 3.05) is 43.6 Å². The molecule has 1 atom stereocenters. The SMILES string of the molecule is CC[C@@H](Nc1cc(F)cc(N2CCOCC2)c1)C(=O)OC. The van der Waals surface area contributed by atoms with E-state index in [1.165, 1.54) is 19.2 Å². The summed E-state index contributed by atoms with van der Waals surface area (Å²) in [6, 6.07) is 4.25. The van der Waals surface area contributed by atoms with Crippen molar-refractivity contribution in [1.82, 2.24) is 0 Å². The largest absolute Gasteiger partial charge is 0.467 e. The van der Waals surface area contributed by atoms with Crippen LogP contribution >= 0.6 is 0 Å². The number of hydrogen-bond donors (Lipinski definition) is 1. The van der Waals surface area contributed by atoms with Crippen LogP contribution < -0.4 is 10.2 Å². The van der Waals surface area contributed by atoms with Gasteiger partial charge in [0.05, 0.1) is 20.3 Å². The molecule has 0 amide bonds. The normalized spacial score (nSPS) is 16.4. The van der Waals surface area contributed by atoms with Gasteiger partial charge in [0.2, 0.25) is 0 Å². The van der Waals surface area contributed by atoms with Gasteiger partial charge in [0, 0.05) is 24.5 Å².